The number of hydrogen-bond acceptors (Lipinski definition) is 5. The minimum absolute atomic E-state index is 0.0741. The molecular weight excluding hydrogens is 464 g/mol. The molecule has 2 aromatic carbocycles. The van der Waals surface area contributed by atoms with Gasteiger partial charge in [0.05, 0.1) is 4.90 Å². The molecule has 0 saturated carbocycles. The first-order valence-corrected chi connectivity index (χ1v) is 14.3. The lowest BCUT2D eigenvalue weighted by atomic mass is 10.0. The van der Waals surface area contributed by atoms with Crippen molar-refractivity contribution in [3.05, 3.63) is 54.1 Å². The minimum Gasteiger partial charge on any atom is -0.506 e. The van der Waals surface area contributed by atoms with Gasteiger partial charge < -0.3 is 5.11 Å². The van der Waals surface area contributed by atoms with Crippen molar-refractivity contribution in [2.75, 3.05) is 0 Å². The van der Waals surface area contributed by atoms with Gasteiger partial charge in [-0.15, -0.1) is 0 Å². The van der Waals surface area contributed by atoms with Crippen molar-refractivity contribution in [1.29, 1.82) is 0 Å². The molecule has 3 N–H and O–H groups in total. The van der Waals surface area contributed by atoms with Gasteiger partial charge in [-0.2, -0.15) is 16.8 Å². The maximum Gasteiger partial charge on any atom is 0.298 e. The molecule has 186 valence electrons. The maximum atomic E-state index is 11.4. The molecule has 33 heavy (non-hydrogen) atoms. The molecule has 0 radical (unpaired) electrons. The van der Waals surface area contributed by atoms with Gasteiger partial charge in [-0.3, -0.25) is 9.11 Å². The summed E-state index contributed by atoms with van der Waals surface area (Å²) in [6.07, 6.45) is 12.7. The summed E-state index contributed by atoms with van der Waals surface area (Å²) < 4.78 is 61.2. The molecule has 0 atom stereocenters. The van der Waals surface area contributed by atoms with Crippen LogP contribution in [0.25, 0.3) is 0 Å². The topological polar surface area (TPSA) is 129 Å². The molecule has 0 aromatic heterocycles. The molecule has 0 bridgehead atoms. The second-order valence-corrected chi connectivity index (χ2v) is 10.7. The van der Waals surface area contributed by atoms with Crippen LogP contribution in [-0.4, -0.2) is 31.0 Å². The van der Waals surface area contributed by atoms with E-state index in [9.17, 15) is 26.5 Å². The van der Waals surface area contributed by atoms with Crippen molar-refractivity contribution in [3.8, 4) is 5.75 Å². The van der Waals surface area contributed by atoms with Crippen LogP contribution in [0.5, 0.6) is 5.75 Å². The number of rotatable bonds is 13. The first-order valence-electron chi connectivity index (χ1n) is 11.4. The number of unbranched alkanes of at least 4 members (excludes halogenated alkanes) is 9. The summed E-state index contributed by atoms with van der Waals surface area (Å²) in [5.41, 5.74) is 0.493. The summed E-state index contributed by atoms with van der Waals surface area (Å²) in [6.45, 7) is 2.22. The highest BCUT2D eigenvalue weighted by atomic mass is 32.2. The van der Waals surface area contributed by atoms with E-state index in [0.29, 0.717) is 12.0 Å². The van der Waals surface area contributed by atoms with Gasteiger partial charge in [-0.1, -0.05) is 95.0 Å². The Morgan fingerprint density at radius 2 is 1.15 bits per heavy atom. The predicted molar refractivity (Wildman–Crippen MR) is 130 cm³/mol. The van der Waals surface area contributed by atoms with Crippen LogP contribution < -0.4 is 0 Å². The third-order valence-electron chi connectivity index (χ3n) is 5.17. The highest BCUT2D eigenvalue weighted by molar-refractivity contribution is 7.86. The van der Waals surface area contributed by atoms with E-state index >= 15 is 0 Å². The third-order valence-corrected chi connectivity index (χ3v) is 7.03. The fraction of sp³-hybridized carbons (Fsp3) is 0.500. The van der Waals surface area contributed by atoms with E-state index < -0.39 is 20.2 Å². The van der Waals surface area contributed by atoms with E-state index in [2.05, 4.69) is 6.92 Å². The Morgan fingerprint density at radius 3 is 1.61 bits per heavy atom. The molecule has 0 aliphatic carbocycles. The number of benzene rings is 2. The normalized spacial score (nSPS) is 11.6. The van der Waals surface area contributed by atoms with Gasteiger partial charge in [0.2, 0.25) is 0 Å². The van der Waals surface area contributed by atoms with E-state index in [-0.39, 0.29) is 15.5 Å². The molecule has 2 aromatic rings. The second kappa shape index (κ2) is 15.1. The number of phenolic OH excluding ortho intramolecular Hbond substituents is 1. The molecule has 7 nitrogen and oxygen atoms in total. The summed E-state index contributed by atoms with van der Waals surface area (Å²) >= 11 is 0. The molecule has 0 amide bonds. The highest BCUT2D eigenvalue weighted by Crippen LogP contribution is 2.27. The lowest BCUT2D eigenvalue weighted by molar-refractivity contribution is 0.440. The van der Waals surface area contributed by atoms with Crippen LogP contribution in [0.3, 0.4) is 0 Å². The van der Waals surface area contributed by atoms with Crippen LogP contribution in [0, 0.1) is 0 Å². The number of aromatic hydroxyl groups is 1. The van der Waals surface area contributed by atoms with Crippen LogP contribution in [0.4, 0.5) is 0 Å². The van der Waals surface area contributed by atoms with Gasteiger partial charge in [0.15, 0.2) is 0 Å². The van der Waals surface area contributed by atoms with Crippen molar-refractivity contribution >= 4 is 20.2 Å². The summed E-state index contributed by atoms with van der Waals surface area (Å²) in [7, 11) is -8.38. The minimum atomic E-state index is -4.38. The Kier molecular flexibility index (Phi) is 13.3. The third kappa shape index (κ3) is 12.2. The smallest absolute Gasteiger partial charge is 0.298 e. The van der Waals surface area contributed by atoms with Gasteiger partial charge >= 0.3 is 0 Å². The molecule has 0 heterocycles. The Bertz CT molecular complexity index is 1020. The van der Waals surface area contributed by atoms with Gasteiger partial charge in [-0.25, -0.2) is 0 Å². The lowest BCUT2D eigenvalue weighted by Crippen LogP contribution is -2.03. The molecule has 0 aliphatic heterocycles. The van der Waals surface area contributed by atoms with E-state index in [1.165, 1.54) is 63.1 Å². The van der Waals surface area contributed by atoms with Gasteiger partial charge in [0, 0.05) is 0 Å². The SMILES string of the molecule is CCCCCCCCCCCCc1cccc(O)c1S(=O)(=O)O.O=S(=O)(O)c1ccccc1. The van der Waals surface area contributed by atoms with E-state index in [4.69, 9.17) is 4.55 Å². The Labute approximate surface area is 198 Å². The van der Waals surface area contributed by atoms with Crippen molar-refractivity contribution in [1.82, 2.24) is 0 Å². The van der Waals surface area contributed by atoms with Crippen molar-refractivity contribution in [2.45, 2.75) is 87.3 Å². The zero-order valence-corrected chi connectivity index (χ0v) is 20.8. The first kappa shape index (κ1) is 29.1. The fourth-order valence-corrected chi connectivity index (χ4v) is 4.80. The van der Waals surface area contributed by atoms with E-state index in [1.807, 2.05) is 0 Å². The Balaban J connectivity index is 0.000000451. The molecule has 2 rings (SSSR count). The van der Waals surface area contributed by atoms with Gasteiger partial charge in [-0.05, 0) is 36.6 Å². The lowest BCUT2D eigenvalue weighted by Gasteiger charge is -2.09. The van der Waals surface area contributed by atoms with Crippen molar-refractivity contribution < 1.29 is 31.0 Å². The summed E-state index contributed by atoms with van der Waals surface area (Å²) in [5, 5.41) is 9.65. The zero-order chi connectivity index (χ0) is 24.7. The first-order chi connectivity index (χ1) is 15.6. The number of hydrogen-bond donors (Lipinski definition) is 3. The molecule has 0 fully saturated rings. The Hall–Kier alpha value is -1.94. The molecule has 0 saturated heterocycles. The molecule has 0 spiro atoms. The molecule has 0 unspecified atom stereocenters. The standard InChI is InChI=1S/C18H30O4S.C6H6O3S/c1-2-3-4-5-6-7-8-9-10-11-13-16-14-12-15-17(19)18(16)23(20,21)22;7-10(8,9)6-4-2-1-3-5-6/h12,14-15,19H,2-11,13H2,1H3,(H,20,21,22);1-5H,(H,7,8,9). The number of phenols is 1. The van der Waals surface area contributed by atoms with Crippen LogP contribution in [0.15, 0.2) is 58.3 Å². The maximum absolute atomic E-state index is 11.4. The molecule has 9 heteroatoms. The summed E-state index contributed by atoms with van der Waals surface area (Å²) in [6, 6.07) is 12.0. The van der Waals surface area contributed by atoms with Gasteiger partial charge in [0.1, 0.15) is 10.6 Å². The van der Waals surface area contributed by atoms with Crippen LogP contribution in [0.2, 0.25) is 0 Å². The largest absolute Gasteiger partial charge is 0.506 e. The number of aryl methyl sites for hydroxylation is 1. The van der Waals surface area contributed by atoms with Crippen molar-refractivity contribution in [2.24, 2.45) is 0 Å². The van der Waals surface area contributed by atoms with E-state index in [0.717, 1.165) is 19.3 Å². The van der Waals surface area contributed by atoms with Crippen LogP contribution in [-0.2, 0) is 26.7 Å². The second-order valence-electron chi connectivity index (χ2n) is 7.96. The van der Waals surface area contributed by atoms with Crippen molar-refractivity contribution in [3.63, 3.8) is 0 Å². The average Bonchev–Trinajstić information content (AvgIpc) is 2.75. The van der Waals surface area contributed by atoms with Crippen LogP contribution in [0.1, 0.15) is 76.7 Å². The fourth-order valence-electron chi connectivity index (χ4n) is 3.46. The predicted octanol–water partition coefficient (Wildman–Crippen LogP) is 6.04. The summed E-state index contributed by atoms with van der Waals surface area (Å²) in [5.74, 6) is -0.378. The average molecular weight is 501 g/mol. The van der Waals surface area contributed by atoms with E-state index in [1.54, 1.807) is 30.3 Å². The van der Waals surface area contributed by atoms with Gasteiger partial charge in [0.25, 0.3) is 20.2 Å². The monoisotopic (exact) mass is 500 g/mol. The highest BCUT2D eigenvalue weighted by Gasteiger charge is 2.19. The molecule has 0 aliphatic rings. The quantitative estimate of drug-likeness (QED) is 0.226. The molecular formula is C24H36O7S2. The van der Waals surface area contributed by atoms with Crippen LogP contribution >= 0.6 is 0 Å². The zero-order valence-electron chi connectivity index (χ0n) is 19.2. The summed E-state index contributed by atoms with van der Waals surface area (Å²) in [4.78, 5) is -0.411. The Morgan fingerprint density at radius 1 is 0.636 bits per heavy atom.